The molecular formula is C15H30N2O2. The van der Waals surface area contributed by atoms with Gasteiger partial charge in [0.25, 0.3) is 0 Å². The van der Waals surface area contributed by atoms with Crippen molar-refractivity contribution in [3.8, 4) is 0 Å². The second kappa shape index (κ2) is 7.85. The van der Waals surface area contributed by atoms with Gasteiger partial charge in [0.1, 0.15) is 0 Å². The van der Waals surface area contributed by atoms with E-state index >= 15 is 0 Å². The highest BCUT2D eigenvalue weighted by Crippen LogP contribution is 2.32. The van der Waals surface area contributed by atoms with Crippen molar-refractivity contribution in [3.05, 3.63) is 0 Å². The Kier molecular flexibility index (Phi) is 6.80. The molecule has 3 N–H and O–H groups in total. The van der Waals surface area contributed by atoms with Crippen LogP contribution in [0.25, 0.3) is 0 Å². The first-order chi connectivity index (χ1) is 9.13. The lowest BCUT2D eigenvalue weighted by atomic mass is 9.77. The van der Waals surface area contributed by atoms with E-state index in [1.54, 1.807) is 0 Å². The minimum Gasteiger partial charge on any atom is -0.396 e. The third kappa shape index (κ3) is 3.93. The molecule has 0 saturated carbocycles. The summed E-state index contributed by atoms with van der Waals surface area (Å²) in [4.78, 5) is 14.8. The molecule has 4 nitrogen and oxygen atoms in total. The van der Waals surface area contributed by atoms with Gasteiger partial charge >= 0.3 is 0 Å². The number of carbonyl (C=O) groups excluding carboxylic acids is 1. The van der Waals surface area contributed by atoms with Gasteiger partial charge < -0.3 is 15.7 Å². The summed E-state index contributed by atoms with van der Waals surface area (Å²) in [7, 11) is 0. The van der Waals surface area contributed by atoms with Gasteiger partial charge in [0.15, 0.2) is 0 Å². The SMILES string of the molecule is CCCC(CN)(CCC)C(=O)N1CCCC(CO)C1. The fourth-order valence-electron chi connectivity index (χ4n) is 3.32. The van der Waals surface area contributed by atoms with E-state index in [1.807, 2.05) is 4.90 Å². The summed E-state index contributed by atoms with van der Waals surface area (Å²) in [5.74, 6) is 0.466. The zero-order valence-electron chi connectivity index (χ0n) is 12.5. The average molecular weight is 270 g/mol. The maximum absolute atomic E-state index is 12.9. The molecule has 0 bridgehead atoms. The third-order valence-electron chi connectivity index (χ3n) is 4.37. The van der Waals surface area contributed by atoms with Crippen molar-refractivity contribution in [1.82, 2.24) is 4.90 Å². The molecule has 0 radical (unpaired) electrons. The monoisotopic (exact) mass is 270 g/mol. The summed E-state index contributed by atoms with van der Waals surface area (Å²) in [6.45, 7) is 6.37. The zero-order valence-corrected chi connectivity index (χ0v) is 12.5. The number of hydrogen-bond acceptors (Lipinski definition) is 3. The van der Waals surface area contributed by atoms with Gasteiger partial charge in [-0.2, -0.15) is 0 Å². The van der Waals surface area contributed by atoms with Crippen molar-refractivity contribution in [2.24, 2.45) is 17.1 Å². The molecule has 0 aromatic carbocycles. The van der Waals surface area contributed by atoms with Crippen molar-refractivity contribution in [2.75, 3.05) is 26.2 Å². The molecule has 4 heteroatoms. The summed E-state index contributed by atoms with van der Waals surface area (Å²) in [6, 6.07) is 0. The Morgan fingerprint density at radius 3 is 2.47 bits per heavy atom. The highest BCUT2D eigenvalue weighted by Gasteiger charge is 2.39. The summed E-state index contributed by atoms with van der Waals surface area (Å²) in [5, 5.41) is 9.29. The minimum atomic E-state index is -0.374. The highest BCUT2D eigenvalue weighted by atomic mass is 16.3. The van der Waals surface area contributed by atoms with E-state index in [-0.39, 0.29) is 23.8 Å². The van der Waals surface area contributed by atoms with Gasteiger partial charge in [0.2, 0.25) is 5.91 Å². The molecule has 1 aliphatic heterocycles. The van der Waals surface area contributed by atoms with Crippen molar-refractivity contribution in [3.63, 3.8) is 0 Å². The highest BCUT2D eigenvalue weighted by molar-refractivity contribution is 5.83. The molecule has 0 aliphatic carbocycles. The molecule has 0 aromatic heterocycles. The van der Waals surface area contributed by atoms with Crippen LogP contribution in [0.4, 0.5) is 0 Å². The number of nitrogens with zero attached hydrogens (tertiary/aromatic N) is 1. The van der Waals surface area contributed by atoms with Crippen LogP contribution in [0.2, 0.25) is 0 Å². The van der Waals surface area contributed by atoms with Crippen LogP contribution in [0.1, 0.15) is 52.4 Å². The van der Waals surface area contributed by atoms with Crippen molar-refractivity contribution >= 4 is 5.91 Å². The van der Waals surface area contributed by atoms with Crippen LogP contribution >= 0.6 is 0 Å². The fourth-order valence-corrected chi connectivity index (χ4v) is 3.32. The molecule has 1 saturated heterocycles. The first kappa shape index (κ1) is 16.4. The Morgan fingerprint density at radius 1 is 1.37 bits per heavy atom. The molecule has 1 unspecified atom stereocenters. The molecular weight excluding hydrogens is 240 g/mol. The van der Waals surface area contributed by atoms with E-state index in [9.17, 15) is 9.90 Å². The summed E-state index contributed by atoms with van der Waals surface area (Å²) in [6.07, 6.45) is 5.74. The van der Waals surface area contributed by atoms with Crippen LogP contribution in [0.15, 0.2) is 0 Å². The van der Waals surface area contributed by atoms with Gasteiger partial charge in [0.05, 0.1) is 5.41 Å². The molecule has 0 spiro atoms. The summed E-state index contributed by atoms with van der Waals surface area (Å²) < 4.78 is 0. The number of amides is 1. The van der Waals surface area contributed by atoms with Gasteiger partial charge in [-0.05, 0) is 31.6 Å². The Balaban J connectivity index is 2.79. The first-order valence-electron chi connectivity index (χ1n) is 7.73. The Hall–Kier alpha value is -0.610. The molecule has 1 aliphatic rings. The number of aliphatic hydroxyl groups excluding tert-OH is 1. The summed E-state index contributed by atoms with van der Waals surface area (Å²) in [5.41, 5.74) is 5.58. The van der Waals surface area contributed by atoms with Gasteiger partial charge in [-0.3, -0.25) is 4.79 Å². The van der Waals surface area contributed by atoms with Crippen molar-refractivity contribution in [2.45, 2.75) is 52.4 Å². The molecule has 0 aromatic rings. The van der Waals surface area contributed by atoms with E-state index < -0.39 is 0 Å². The molecule has 1 atom stereocenters. The van der Waals surface area contributed by atoms with Crippen molar-refractivity contribution < 1.29 is 9.90 Å². The maximum atomic E-state index is 12.9. The molecule has 1 fully saturated rings. The second-order valence-corrected chi connectivity index (χ2v) is 5.93. The van der Waals surface area contributed by atoms with Gasteiger partial charge in [-0.1, -0.05) is 26.7 Å². The molecule has 1 heterocycles. The normalized spacial score (nSPS) is 20.6. The largest absolute Gasteiger partial charge is 0.396 e. The standard InChI is InChI=1S/C15H30N2O2/c1-3-7-15(12-16,8-4-2)14(19)17-9-5-6-13(10-17)11-18/h13,18H,3-12,16H2,1-2H3. The van der Waals surface area contributed by atoms with Gasteiger partial charge in [-0.25, -0.2) is 0 Å². The van der Waals surface area contributed by atoms with Gasteiger partial charge in [-0.15, -0.1) is 0 Å². The van der Waals surface area contributed by atoms with Gasteiger partial charge in [0, 0.05) is 26.2 Å². The minimum absolute atomic E-state index is 0.182. The smallest absolute Gasteiger partial charge is 0.230 e. The Labute approximate surface area is 117 Å². The topological polar surface area (TPSA) is 66.6 Å². The van der Waals surface area contributed by atoms with E-state index in [4.69, 9.17) is 5.73 Å². The lowest BCUT2D eigenvalue weighted by Crippen LogP contribution is -2.51. The fraction of sp³-hybridized carbons (Fsp3) is 0.933. The van der Waals surface area contributed by atoms with Crippen LogP contribution in [0, 0.1) is 11.3 Å². The Morgan fingerprint density at radius 2 is 2.00 bits per heavy atom. The van der Waals surface area contributed by atoms with Crippen LogP contribution in [0.3, 0.4) is 0 Å². The molecule has 1 amide bonds. The predicted molar refractivity (Wildman–Crippen MR) is 77.7 cm³/mol. The first-order valence-corrected chi connectivity index (χ1v) is 7.73. The lowest BCUT2D eigenvalue weighted by molar-refractivity contribution is -0.145. The van der Waals surface area contributed by atoms with E-state index in [1.165, 1.54) is 0 Å². The second-order valence-electron chi connectivity index (χ2n) is 5.93. The maximum Gasteiger partial charge on any atom is 0.230 e. The van der Waals surface area contributed by atoms with Crippen LogP contribution < -0.4 is 5.73 Å². The van der Waals surface area contributed by atoms with Crippen LogP contribution in [-0.4, -0.2) is 42.2 Å². The van der Waals surface area contributed by atoms with E-state index in [0.29, 0.717) is 13.1 Å². The number of hydrogen-bond donors (Lipinski definition) is 2. The Bertz CT molecular complexity index is 275. The summed E-state index contributed by atoms with van der Waals surface area (Å²) >= 11 is 0. The van der Waals surface area contributed by atoms with E-state index in [2.05, 4.69) is 13.8 Å². The van der Waals surface area contributed by atoms with Crippen LogP contribution in [-0.2, 0) is 4.79 Å². The molecule has 1 rings (SSSR count). The third-order valence-corrected chi connectivity index (χ3v) is 4.37. The zero-order chi connectivity index (χ0) is 14.3. The quantitative estimate of drug-likeness (QED) is 0.741. The van der Waals surface area contributed by atoms with Crippen LogP contribution in [0.5, 0.6) is 0 Å². The molecule has 112 valence electrons. The number of likely N-dealkylation sites (tertiary alicyclic amines) is 1. The number of rotatable bonds is 7. The molecule has 19 heavy (non-hydrogen) atoms. The number of aliphatic hydroxyl groups is 1. The lowest BCUT2D eigenvalue weighted by Gasteiger charge is -2.40. The van der Waals surface area contributed by atoms with Crippen molar-refractivity contribution in [1.29, 1.82) is 0 Å². The average Bonchev–Trinajstić information content (AvgIpc) is 2.46. The number of nitrogens with two attached hydrogens (primary N) is 1. The van der Waals surface area contributed by atoms with E-state index in [0.717, 1.165) is 45.1 Å². The predicted octanol–water partition coefficient (Wildman–Crippen LogP) is 1.76. The number of piperidine rings is 1. The number of carbonyl (C=O) groups is 1.